The molecular weight excluding hydrogens is 308 g/mol. The Labute approximate surface area is 129 Å². The van der Waals surface area contributed by atoms with Gasteiger partial charge in [-0.3, -0.25) is 9.59 Å². The number of likely N-dealkylation sites (N-methyl/N-ethyl adjacent to an activating group) is 1. The average Bonchev–Trinajstić information content (AvgIpc) is 2.51. The normalized spacial score (nSPS) is 11.3. The van der Waals surface area contributed by atoms with Gasteiger partial charge in [0.25, 0.3) is 5.91 Å². The number of ether oxygens (including phenoxy) is 1. The van der Waals surface area contributed by atoms with E-state index in [-0.39, 0.29) is 19.6 Å². The van der Waals surface area contributed by atoms with Crippen LogP contribution in [-0.4, -0.2) is 40.5 Å². The fourth-order valence-electron chi connectivity index (χ4n) is 1.37. The number of amides is 1. The molecule has 0 saturated heterocycles. The van der Waals surface area contributed by atoms with Gasteiger partial charge in [-0.1, -0.05) is 30.3 Å². The molecule has 120 valence electrons. The maximum atomic E-state index is 11.7. The van der Waals surface area contributed by atoms with Crippen LogP contribution in [0.2, 0.25) is 0 Å². The van der Waals surface area contributed by atoms with Gasteiger partial charge in [-0.15, -0.1) is 0 Å². The van der Waals surface area contributed by atoms with Gasteiger partial charge in [0, 0.05) is 19.0 Å². The molecule has 0 fully saturated rings. The highest BCUT2D eigenvalue weighted by Gasteiger charge is 2.09. The Bertz CT molecular complexity index is 626. The Balaban J connectivity index is 2.35. The molecule has 22 heavy (non-hydrogen) atoms. The summed E-state index contributed by atoms with van der Waals surface area (Å²) in [6.07, 6.45) is 1.29. The number of esters is 1. The zero-order valence-corrected chi connectivity index (χ0v) is 12.9. The van der Waals surface area contributed by atoms with Gasteiger partial charge in [0.05, 0.1) is 6.42 Å². The van der Waals surface area contributed by atoms with E-state index in [9.17, 15) is 18.0 Å². The van der Waals surface area contributed by atoms with E-state index in [0.717, 1.165) is 11.0 Å². The molecule has 7 nitrogen and oxygen atoms in total. The molecule has 0 aliphatic rings. The molecule has 0 aliphatic carbocycles. The number of hydrogen-bond donors (Lipinski definition) is 2. The quantitative estimate of drug-likeness (QED) is 0.667. The molecule has 1 rings (SSSR count). The second-order valence-corrected chi connectivity index (χ2v) is 5.89. The predicted octanol–water partition coefficient (Wildman–Crippen LogP) is 0.256. The number of nitrogens with one attached hydrogen (secondary N) is 2. The summed E-state index contributed by atoms with van der Waals surface area (Å²) >= 11 is 0. The number of hydrogen-bond acceptors (Lipinski definition) is 5. The predicted molar refractivity (Wildman–Crippen MR) is 82.0 cm³/mol. The van der Waals surface area contributed by atoms with E-state index < -0.39 is 21.9 Å². The highest BCUT2D eigenvalue weighted by atomic mass is 32.2. The third-order valence-electron chi connectivity index (χ3n) is 2.51. The Hall–Kier alpha value is -2.19. The molecule has 0 aromatic heterocycles. The van der Waals surface area contributed by atoms with Crippen molar-refractivity contribution in [3.8, 4) is 0 Å². The molecule has 0 saturated carbocycles. The lowest BCUT2D eigenvalue weighted by Crippen LogP contribution is -2.28. The molecular formula is C14H18N2O5S. The van der Waals surface area contributed by atoms with Gasteiger partial charge in [0.2, 0.25) is 10.0 Å². The summed E-state index contributed by atoms with van der Waals surface area (Å²) in [7, 11) is -2.21. The Morgan fingerprint density at radius 3 is 2.55 bits per heavy atom. The van der Waals surface area contributed by atoms with Gasteiger partial charge in [-0.2, -0.15) is 0 Å². The summed E-state index contributed by atoms with van der Waals surface area (Å²) in [6.45, 7) is -0.482. The van der Waals surface area contributed by atoms with E-state index in [0.29, 0.717) is 0 Å². The second kappa shape index (κ2) is 8.96. The maximum absolute atomic E-state index is 11.7. The Kier molecular flexibility index (Phi) is 7.27. The molecule has 2 N–H and O–H groups in total. The van der Waals surface area contributed by atoms with Gasteiger partial charge in [0.15, 0.2) is 6.61 Å². The number of carbonyl (C=O) groups excluding carboxylic acids is 2. The fraction of sp³-hybridized carbons (Fsp3) is 0.286. The van der Waals surface area contributed by atoms with Gasteiger partial charge in [0.1, 0.15) is 0 Å². The number of sulfonamides is 1. The average molecular weight is 326 g/mol. The van der Waals surface area contributed by atoms with E-state index in [2.05, 4.69) is 14.8 Å². The molecule has 0 heterocycles. The summed E-state index contributed by atoms with van der Waals surface area (Å²) in [5.41, 5.74) is 0.748. The van der Waals surface area contributed by atoms with Crippen LogP contribution in [0.3, 0.4) is 0 Å². The van der Waals surface area contributed by atoms with E-state index in [1.807, 2.05) is 6.07 Å². The van der Waals surface area contributed by atoms with Crippen molar-refractivity contribution in [2.45, 2.75) is 6.42 Å². The standard InChI is InChI=1S/C14H18N2O5S/c1-15-13(17)11-21-14(18)7-9-16-22(19,20)10-8-12-5-3-2-4-6-12/h2-6,8,10,16H,7,9,11H2,1H3,(H,15,17)/b10-8+. The van der Waals surface area contributed by atoms with Crippen LogP contribution >= 0.6 is 0 Å². The van der Waals surface area contributed by atoms with E-state index in [1.54, 1.807) is 24.3 Å². The highest BCUT2D eigenvalue weighted by molar-refractivity contribution is 7.92. The van der Waals surface area contributed by atoms with Crippen LogP contribution in [0.4, 0.5) is 0 Å². The molecule has 0 unspecified atom stereocenters. The smallest absolute Gasteiger partial charge is 0.307 e. The van der Waals surface area contributed by atoms with Crippen molar-refractivity contribution in [2.75, 3.05) is 20.2 Å². The van der Waals surface area contributed by atoms with E-state index in [4.69, 9.17) is 0 Å². The SMILES string of the molecule is CNC(=O)COC(=O)CCNS(=O)(=O)/C=C/c1ccccc1. The van der Waals surface area contributed by atoms with E-state index >= 15 is 0 Å². The topological polar surface area (TPSA) is 102 Å². The number of carbonyl (C=O) groups is 2. The monoisotopic (exact) mass is 326 g/mol. The Morgan fingerprint density at radius 2 is 1.91 bits per heavy atom. The zero-order valence-electron chi connectivity index (χ0n) is 12.1. The van der Waals surface area contributed by atoms with E-state index in [1.165, 1.54) is 13.1 Å². The number of rotatable bonds is 8. The Morgan fingerprint density at radius 1 is 1.23 bits per heavy atom. The van der Waals surface area contributed by atoms with Gasteiger partial charge >= 0.3 is 5.97 Å². The minimum atomic E-state index is -3.63. The molecule has 0 bridgehead atoms. The lowest BCUT2D eigenvalue weighted by molar-refractivity contribution is -0.148. The largest absolute Gasteiger partial charge is 0.456 e. The summed E-state index contributed by atoms with van der Waals surface area (Å²) in [5.74, 6) is -1.09. The first kappa shape index (κ1) is 17.9. The van der Waals surface area contributed by atoms with Crippen LogP contribution in [0.15, 0.2) is 35.7 Å². The second-order valence-electron chi connectivity index (χ2n) is 4.24. The van der Waals surface area contributed by atoms with Gasteiger partial charge < -0.3 is 10.1 Å². The van der Waals surface area contributed by atoms with Crippen molar-refractivity contribution >= 4 is 28.0 Å². The molecule has 1 amide bonds. The molecule has 8 heteroatoms. The molecule has 1 aromatic rings. The molecule has 1 aromatic carbocycles. The van der Waals surface area contributed by atoms with Crippen molar-refractivity contribution in [1.29, 1.82) is 0 Å². The van der Waals surface area contributed by atoms with Crippen LogP contribution < -0.4 is 10.0 Å². The maximum Gasteiger partial charge on any atom is 0.307 e. The van der Waals surface area contributed by atoms with Gasteiger partial charge in [-0.25, -0.2) is 13.1 Å². The first-order chi connectivity index (χ1) is 10.4. The fourth-order valence-corrected chi connectivity index (χ4v) is 2.19. The lowest BCUT2D eigenvalue weighted by atomic mass is 10.2. The first-order valence-electron chi connectivity index (χ1n) is 6.52. The third-order valence-corrected chi connectivity index (χ3v) is 3.62. The van der Waals surface area contributed by atoms with Crippen molar-refractivity contribution < 1.29 is 22.7 Å². The summed E-state index contributed by atoms with van der Waals surface area (Å²) in [4.78, 5) is 22.1. The summed E-state index contributed by atoms with van der Waals surface area (Å²) in [5, 5.41) is 3.32. The minimum absolute atomic E-state index is 0.103. The van der Waals surface area contributed by atoms with Crippen molar-refractivity contribution in [3.05, 3.63) is 41.3 Å². The van der Waals surface area contributed by atoms with Crippen molar-refractivity contribution in [1.82, 2.24) is 10.0 Å². The molecule has 0 radical (unpaired) electrons. The molecule has 0 aliphatic heterocycles. The van der Waals surface area contributed by atoms with Crippen molar-refractivity contribution in [3.63, 3.8) is 0 Å². The minimum Gasteiger partial charge on any atom is -0.456 e. The third kappa shape index (κ3) is 7.55. The summed E-state index contributed by atoms with van der Waals surface area (Å²) < 4.78 is 30.2. The summed E-state index contributed by atoms with van der Waals surface area (Å²) in [6, 6.07) is 8.95. The lowest BCUT2D eigenvalue weighted by Gasteiger charge is -2.04. The first-order valence-corrected chi connectivity index (χ1v) is 8.06. The van der Waals surface area contributed by atoms with Crippen LogP contribution in [0, 0.1) is 0 Å². The number of benzene rings is 1. The highest BCUT2D eigenvalue weighted by Crippen LogP contribution is 2.02. The van der Waals surface area contributed by atoms with Crippen LogP contribution in [0.25, 0.3) is 6.08 Å². The molecule has 0 spiro atoms. The van der Waals surface area contributed by atoms with Crippen LogP contribution in [0.1, 0.15) is 12.0 Å². The zero-order chi connectivity index (χ0) is 16.4. The van der Waals surface area contributed by atoms with Gasteiger partial charge in [-0.05, 0) is 11.6 Å². The molecule has 0 atom stereocenters. The van der Waals surface area contributed by atoms with Crippen LogP contribution in [-0.2, 0) is 24.3 Å². The van der Waals surface area contributed by atoms with Crippen molar-refractivity contribution in [2.24, 2.45) is 0 Å². The van der Waals surface area contributed by atoms with Crippen LogP contribution in [0.5, 0.6) is 0 Å².